The molecular weight excluding hydrogens is 431 g/mol. The van der Waals surface area contributed by atoms with E-state index in [1.165, 1.54) is 96.3 Å². The van der Waals surface area contributed by atoms with Crippen molar-refractivity contribution >= 4 is 0 Å². The Morgan fingerprint density at radius 1 is 0.686 bits per heavy atom. The summed E-state index contributed by atoms with van der Waals surface area (Å²) in [4.78, 5) is 0. The second-order valence-corrected chi connectivity index (χ2v) is 11.0. The van der Waals surface area contributed by atoms with Gasteiger partial charge in [0.1, 0.15) is 5.82 Å². The Kier molecular flexibility index (Phi) is 12.8. The first kappa shape index (κ1) is 27.8. The molecule has 1 aromatic carbocycles. The predicted octanol–water partition coefficient (Wildman–Crippen LogP) is 9.90. The van der Waals surface area contributed by atoms with Crippen molar-refractivity contribution in [3.8, 4) is 11.3 Å². The summed E-state index contributed by atoms with van der Waals surface area (Å²) < 4.78 is 14.6. The molecule has 2 aromatic rings. The number of benzene rings is 1. The van der Waals surface area contributed by atoms with Gasteiger partial charge in [-0.25, -0.2) is 4.39 Å². The predicted molar refractivity (Wildman–Crippen MR) is 147 cm³/mol. The molecule has 2 nitrogen and oxygen atoms in total. The van der Waals surface area contributed by atoms with E-state index < -0.39 is 0 Å². The molecule has 3 heteroatoms. The zero-order chi connectivity index (χ0) is 24.7. The minimum Gasteiger partial charge on any atom is -0.207 e. The number of aromatic nitrogens is 2. The molecule has 0 spiro atoms. The molecule has 3 rings (SSSR count). The van der Waals surface area contributed by atoms with Gasteiger partial charge in [0.25, 0.3) is 0 Å². The number of rotatable bonds is 16. The molecule has 1 saturated carbocycles. The molecule has 0 bridgehead atoms. The Labute approximate surface area is 214 Å². The number of hydrogen-bond acceptors (Lipinski definition) is 2. The number of nitrogens with zero attached hydrogens (tertiary/aromatic N) is 2. The zero-order valence-electron chi connectivity index (χ0n) is 22.5. The maximum Gasteiger partial charge on any atom is 0.127 e. The van der Waals surface area contributed by atoms with Crippen LogP contribution in [0.1, 0.15) is 128 Å². The van der Waals surface area contributed by atoms with Gasteiger partial charge in [-0.1, -0.05) is 116 Å². The average Bonchev–Trinajstić information content (AvgIpc) is 2.89. The molecule has 0 N–H and O–H groups in total. The number of halogens is 1. The topological polar surface area (TPSA) is 25.8 Å². The van der Waals surface area contributed by atoms with E-state index in [2.05, 4.69) is 30.1 Å². The third kappa shape index (κ3) is 10.0. The van der Waals surface area contributed by atoms with Crippen LogP contribution in [-0.4, -0.2) is 10.2 Å². The van der Waals surface area contributed by atoms with E-state index in [-0.39, 0.29) is 5.82 Å². The lowest BCUT2D eigenvalue weighted by Gasteiger charge is -2.28. The average molecular weight is 481 g/mol. The minimum absolute atomic E-state index is 0.111. The van der Waals surface area contributed by atoms with E-state index >= 15 is 0 Å². The molecular formula is C32H49FN2. The summed E-state index contributed by atoms with van der Waals surface area (Å²) >= 11 is 0. The molecule has 1 fully saturated rings. The Morgan fingerprint density at radius 2 is 1.34 bits per heavy atom. The van der Waals surface area contributed by atoms with Crippen LogP contribution in [0.2, 0.25) is 0 Å². The maximum atomic E-state index is 14.6. The van der Waals surface area contributed by atoms with Crippen LogP contribution in [0.4, 0.5) is 4.39 Å². The highest BCUT2D eigenvalue weighted by Gasteiger charge is 2.21. The van der Waals surface area contributed by atoms with Gasteiger partial charge in [-0.2, -0.15) is 10.2 Å². The van der Waals surface area contributed by atoms with Crippen LogP contribution in [0.3, 0.4) is 0 Å². The molecule has 0 amide bonds. The van der Waals surface area contributed by atoms with Crippen molar-refractivity contribution in [1.82, 2.24) is 10.2 Å². The maximum absolute atomic E-state index is 14.6. The van der Waals surface area contributed by atoms with Crippen LogP contribution in [0, 0.1) is 17.7 Å². The molecule has 1 heterocycles. The van der Waals surface area contributed by atoms with Crippen LogP contribution in [0.25, 0.3) is 11.3 Å². The SMILES string of the molecule is CCCCCCCc1ccc(-c2ccc(CCC3CCC(CCCCCCC)CC3)nn2)cc1F. The summed E-state index contributed by atoms with van der Waals surface area (Å²) in [6.45, 7) is 4.51. The van der Waals surface area contributed by atoms with Gasteiger partial charge in [0.2, 0.25) is 0 Å². The van der Waals surface area contributed by atoms with Gasteiger partial charge in [0, 0.05) is 5.56 Å². The van der Waals surface area contributed by atoms with Crippen molar-refractivity contribution < 1.29 is 4.39 Å². The lowest BCUT2D eigenvalue weighted by molar-refractivity contribution is 0.248. The van der Waals surface area contributed by atoms with Gasteiger partial charge in [0.05, 0.1) is 11.4 Å². The van der Waals surface area contributed by atoms with Crippen molar-refractivity contribution in [3.63, 3.8) is 0 Å². The second kappa shape index (κ2) is 16.1. The molecule has 1 aliphatic rings. The van der Waals surface area contributed by atoms with Gasteiger partial charge in [-0.3, -0.25) is 0 Å². The van der Waals surface area contributed by atoms with Crippen molar-refractivity contribution in [2.45, 2.75) is 129 Å². The molecule has 194 valence electrons. The first-order valence-corrected chi connectivity index (χ1v) is 14.8. The quantitative estimate of drug-likeness (QED) is 0.223. The van der Waals surface area contributed by atoms with E-state index in [1.54, 1.807) is 6.07 Å². The number of aryl methyl sites for hydroxylation is 2. The van der Waals surface area contributed by atoms with Gasteiger partial charge >= 0.3 is 0 Å². The van der Waals surface area contributed by atoms with Crippen LogP contribution < -0.4 is 0 Å². The highest BCUT2D eigenvalue weighted by molar-refractivity contribution is 5.59. The fourth-order valence-corrected chi connectivity index (χ4v) is 5.67. The largest absolute Gasteiger partial charge is 0.207 e. The zero-order valence-corrected chi connectivity index (χ0v) is 22.5. The first-order valence-electron chi connectivity index (χ1n) is 14.8. The van der Waals surface area contributed by atoms with Crippen LogP contribution in [0.15, 0.2) is 30.3 Å². The third-order valence-electron chi connectivity index (χ3n) is 8.11. The number of hydrogen-bond donors (Lipinski definition) is 0. The fourth-order valence-electron chi connectivity index (χ4n) is 5.67. The molecule has 1 aliphatic carbocycles. The Hall–Kier alpha value is -1.77. The van der Waals surface area contributed by atoms with Crippen molar-refractivity contribution in [2.24, 2.45) is 11.8 Å². The highest BCUT2D eigenvalue weighted by atomic mass is 19.1. The normalized spacial score (nSPS) is 18.1. The Bertz CT molecular complexity index is 824. The summed E-state index contributed by atoms with van der Waals surface area (Å²) in [6.07, 6.45) is 23.1. The molecule has 0 aliphatic heterocycles. The lowest BCUT2D eigenvalue weighted by Crippen LogP contribution is -2.15. The Balaban J connectivity index is 1.37. The summed E-state index contributed by atoms with van der Waals surface area (Å²) in [5, 5.41) is 8.91. The summed E-state index contributed by atoms with van der Waals surface area (Å²) in [7, 11) is 0. The van der Waals surface area contributed by atoms with E-state index in [0.717, 1.165) is 53.6 Å². The summed E-state index contributed by atoms with van der Waals surface area (Å²) in [5.74, 6) is 1.71. The van der Waals surface area contributed by atoms with Gasteiger partial charge in [0.15, 0.2) is 0 Å². The molecule has 0 atom stereocenters. The molecule has 0 unspecified atom stereocenters. The summed E-state index contributed by atoms with van der Waals surface area (Å²) in [6, 6.07) is 9.66. The smallest absolute Gasteiger partial charge is 0.127 e. The standard InChI is InChI=1S/C32H49FN2/c1-3-5-7-9-11-13-26-15-17-27(18-16-26)19-22-30-23-24-32(35-34-30)29-21-20-28(31(33)25-29)14-12-10-8-6-4-2/h20-21,23-27H,3-19,22H2,1-2H3. The molecule has 0 radical (unpaired) electrons. The van der Waals surface area contributed by atoms with Crippen LogP contribution in [0.5, 0.6) is 0 Å². The van der Waals surface area contributed by atoms with Crippen molar-refractivity contribution in [3.05, 3.63) is 47.4 Å². The van der Waals surface area contributed by atoms with Crippen molar-refractivity contribution in [1.29, 1.82) is 0 Å². The molecule has 0 saturated heterocycles. The Morgan fingerprint density at radius 3 is 1.97 bits per heavy atom. The molecule has 1 aromatic heterocycles. The van der Waals surface area contributed by atoms with Gasteiger partial charge in [-0.15, -0.1) is 0 Å². The van der Waals surface area contributed by atoms with Gasteiger partial charge in [-0.05, 0) is 61.3 Å². The van der Waals surface area contributed by atoms with Gasteiger partial charge < -0.3 is 0 Å². The summed E-state index contributed by atoms with van der Waals surface area (Å²) in [5.41, 5.74) is 3.47. The fraction of sp³-hybridized carbons (Fsp3) is 0.688. The number of unbranched alkanes of at least 4 members (excludes halogenated alkanes) is 8. The van der Waals surface area contributed by atoms with E-state index in [1.807, 2.05) is 18.2 Å². The molecule has 35 heavy (non-hydrogen) atoms. The van der Waals surface area contributed by atoms with E-state index in [0.29, 0.717) is 0 Å². The van der Waals surface area contributed by atoms with Crippen LogP contribution >= 0.6 is 0 Å². The monoisotopic (exact) mass is 480 g/mol. The third-order valence-corrected chi connectivity index (χ3v) is 8.11. The second-order valence-electron chi connectivity index (χ2n) is 11.0. The van der Waals surface area contributed by atoms with E-state index in [4.69, 9.17) is 0 Å². The first-order chi connectivity index (χ1) is 17.2. The highest BCUT2D eigenvalue weighted by Crippen LogP contribution is 2.34. The van der Waals surface area contributed by atoms with E-state index in [9.17, 15) is 4.39 Å². The lowest BCUT2D eigenvalue weighted by atomic mass is 9.78. The van der Waals surface area contributed by atoms with Crippen LogP contribution in [-0.2, 0) is 12.8 Å². The van der Waals surface area contributed by atoms with Crippen molar-refractivity contribution in [2.75, 3.05) is 0 Å². The minimum atomic E-state index is -0.111.